The minimum absolute atomic E-state index is 0.252. The van der Waals surface area contributed by atoms with E-state index in [9.17, 15) is 18.0 Å². The van der Waals surface area contributed by atoms with E-state index in [1.165, 1.54) is 6.20 Å². The van der Waals surface area contributed by atoms with Crippen LogP contribution < -0.4 is 15.4 Å². The summed E-state index contributed by atoms with van der Waals surface area (Å²) in [5, 5.41) is 5.51. The number of nitrogens with zero attached hydrogens (tertiary/aromatic N) is 1. The van der Waals surface area contributed by atoms with E-state index in [4.69, 9.17) is 4.74 Å². The van der Waals surface area contributed by atoms with Gasteiger partial charge < -0.3 is 15.4 Å². The van der Waals surface area contributed by atoms with E-state index >= 15 is 0 Å². The Labute approximate surface area is 137 Å². The number of halogens is 3. The summed E-state index contributed by atoms with van der Waals surface area (Å²) < 4.78 is 44.4. The van der Waals surface area contributed by atoms with Crippen molar-refractivity contribution in [2.45, 2.75) is 61.9 Å². The third kappa shape index (κ3) is 2.89. The van der Waals surface area contributed by atoms with Crippen LogP contribution in [0.3, 0.4) is 0 Å². The van der Waals surface area contributed by atoms with Gasteiger partial charge in [0, 0.05) is 50.9 Å². The maximum atomic E-state index is 13.4. The first-order valence-corrected chi connectivity index (χ1v) is 7.99. The molecule has 8 heteroatoms. The number of ether oxygens (including phenoxy) is 1. The van der Waals surface area contributed by atoms with Crippen LogP contribution in [0.1, 0.15) is 37.7 Å². The summed E-state index contributed by atoms with van der Waals surface area (Å²) >= 11 is 0. The molecular weight excluding hydrogens is 323 g/mol. The molecule has 0 radical (unpaired) electrons. The van der Waals surface area contributed by atoms with Gasteiger partial charge in [-0.1, -0.05) is 0 Å². The van der Waals surface area contributed by atoms with Gasteiger partial charge in [0.1, 0.15) is 11.8 Å². The van der Waals surface area contributed by atoms with Crippen molar-refractivity contribution in [1.29, 1.82) is 0 Å². The standard InChI is InChI=1S/C16H18F3N3O2/c17-14-7-15(8-14,9-14)22-13(23)21-6-10-1-2-20-12(3-10)24-11-4-16(18,19)5-11/h1-3,11H,4-9H2,(H2,21,22,23). The largest absolute Gasteiger partial charge is 0.474 e. The smallest absolute Gasteiger partial charge is 0.315 e. The molecule has 0 unspecified atom stereocenters. The van der Waals surface area contributed by atoms with Crippen molar-refractivity contribution in [2.24, 2.45) is 0 Å². The monoisotopic (exact) mass is 341 g/mol. The number of nitrogens with one attached hydrogen (secondary N) is 2. The molecular formula is C16H18F3N3O2. The van der Waals surface area contributed by atoms with E-state index in [-0.39, 0.29) is 36.8 Å². The molecule has 1 heterocycles. The summed E-state index contributed by atoms with van der Waals surface area (Å²) in [7, 11) is 0. The zero-order valence-corrected chi connectivity index (χ0v) is 12.9. The number of alkyl halides is 3. The van der Waals surface area contributed by atoms with Gasteiger partial charge in [0.05, 0.1) is 5.54 Å². The van der Waals surface area contributed by atoms with E-state index in [0.29, 0.717) is 19.3 Å². The van der Waals surface area contributed by atoms with Crippen molar-refractivity contribution in [2.75, 3.05) is 0 Å². The third-order valence-electron chi connectivity index (χ3n) is 4.94. The van der Waals surface area contributed by atoms with Crippen LogP contribution in [0, 0.1) is 0 Å². The number of rotatable bonds is 5. The van der Waals surface area contributed by atoms with Gasteiger partial charge >= 0.3 is 6.03 Å². The maximum absolute atomic E-state index is 13.4. The van der Waals surface area contributed by atoms with E-state index < -0.39 is 17.7 Å². The molecule has 2 bridgehead atoms. The number of carbonyl (C=O) groups excluding carboxylic acids is 1. The Bertz CT molecular complexity index is 655. The molecule has 0 saturated heterocycles. The summed E-state index contributed by atoms with van der Waals surface area (Å²) in [6.45, 7) is 0.252. The van der Waals surface area contributed by atoms with Gasteiger partial charge in [-0.05, 0) is 11.6 Å². The van der Waals surface area contributed by atoms with Crippen molar-refractivity contribution < 1.29 is 22.7 Å². The van der Waals surface area contributed by atoms with Crippen LogP contribution in [0.2, 0.25) is 0 Å². The van der Waals surface area contributed by atoms with Crippen LogP contribution in [0.25, 0.3) is 0 Å². The zero-order chi connectivity index (χ0) is 17.0. The lowest BCUT2D eigenvalue weighted by Crippen LogP contribution is -2.77. The van der Waals surface area contributed by atoms with Gasteiger partial charge in [0.2, 0.25) is 5.88 Å². The summed E-state index contributed by atoms with van der Waals surface area (Å²) in [5.41, 5.74) is -0.662. The molecule has 4 aliphatic rings. The van der Waals surface area contributed by atoms with Crippen molar-refractivity contribution in [3.05, 3.63) is 23.9 Å². The number of hydrogen-bond acceptors (Lipinski definition) is 3. The van der Waals surface area contributed by atoms with Crippen molar-refractivity contribution in [3.63, 3.8) is 0 Å². The predicted molar refractivity (Wildman–Crippen MR) is 78.6 cm³/mol. The van der Waals surface area contributed by atoms with E-state index in [1.54, 1.807) is 12.1 Å². The van der Waals surface area contributed by atoms with E-state index in [0.717, 1.165) is 5.56 Å². The van der Waals surface area contributed by atoms with Gasteiger partial charge in [-0.3, -0.25) is 0 Å². The number of amides is 2. The second kappa shape index (κ2) is 5.00. The van der Waals surface area contributed by atoms with Crippen molar-refractivity contribution in [3.8, 4) is 5.88 Å². The van der Waals surface area contributed by atoms with Gasteiger partial charge in [-0.15, -0.1) is 0 Å². The van der Waals surface area contributed by atoms with Crippen molar-refractivity contribution in [1.82, 2.24) is 15.6 Å². The molecule has 0 aliphatic heterocycles. The van der Waals surface area contributed by atoms with Crippen LogP contribution in [0.4, 0.5) is 18.0 Å². The molecule has 0 aromatic carbocycles. The fourth-order valence-electron chi connectivity index (χ4n) is 3.75. The summed E-state index contributed by atoms with van der Waals surface area (Å²) in [5.74, 6) is -2.37. The molecule has 0 atom stereocenters. The van der Waals surface area contributed by atoms with Crippen LogP contribution in [0.15, 0.2) is 18.3 Å². The van der Waals surface area contributed by atoms with Crippen LogP contribution in [-0.2, 0) is 6.54 Å². The molecule has 4 aliphatic carbocycles. The average molecular weight is 341 g/mol. The Morgan fingerprint density at radius 2 is 2.00 bits per heavy atom. The van der Waals surface area contributed by atoms with E-state index in [2.05, 4.69) is 15.6 Å². The number of aromatic nitrogens is 1. The minimum atomic E-state index is -2.64. The molecule has 4 saturated carbocycles. The quantitative estimate of drug-likeness (QED) is 0.866. The van der Waals surface area contributed by atoms with E-state index in [1.807, 2.05) is 0 Å². The summed E-state index contributed by atoms with van der Waals surface area (Å²) in [6, 6.07) is 2.99. The van der Waals surface area contributed by atoms with Crippen LogP contribution >= 0.6 is 0 Å². The molecule has 0 spiro atoms. The lowest BCUT2D eigenvalue weighted by Gasteiger charge is -2.65. The molecule has 1 aromatic heterocycles. The van der Waals surface area contributed by atoms with Crippen LogP contribution in [0.5, 0.6) is 5.88 Å². The van der Waals surface area contributed by atoms with Crippen LogP contribution in [-0.4, -0.2) is 34.2 Å². The van der Waals surface area contributed by atoms with Gasteiger partial charge in [0.15, 0.2) is 0 Å². The first-order valence-electron chi connectivity index (χ1n) is 7.99. The Kier molecular flexibility index (Phi) is 3.24. The summed E-state index contributed by atoms with van der Waals surface area (Å²) in [6.07, 6.45) is 1.59. The fourth-order valence-corrected chi connectivity index (χ4v) is 3.75. The second-order valence-corrected chi connectivity index (χ2v) is 7.28. The lowest BCUT2D eigenvalue weighted by atomic mass is 9.47. The molecule has 2 amide bonds. The Balaban J connectivity index is 1.24. The lowest BCUT2D eigenvalue weighted by molar-refractivity contribution is -0.162. The topological polar surface area (TPSA) is 63.2 Å². The molecule has 2 N–H and O–H groups in total. The Morgan fingerprint density at radius 1 is 1.29 bits per heavy atom. The minimum Gasteiger partial charge on any atom is -0.474 e. The maximum Gasteiger partial charge on any atom is 0.315 e. The molecule has 4 fully saturated rings. The van der Waals surface area contributed by atoms with Gasteiger partial charge in [0.25, 0.3) is 5.92 Å². The Hall–Kier alpha value is -1.99. The Morgan fingerprint density at radius 3 is 2.62 bits per heavy atom. The highest BCUT2D eigenvalue weighted by atomic mass is 19.3. The van der Waals surface area contributed by atoms with Gasteiger partial charge in [-0.25, -0.2) is 22.9 Å². The molecule has 5 rings (SSSR count). The zero-order valence-electron chi connectivity index (χ0n) is 12.9. The normalized spacial score (nSPS) is 32.8. The van der Waals surface area contributed by atoms with Gasteiger partial charge in [-0.2, -0.15) is 0 Å². The number of urea groups is 1. The molecule has 24 heavy (non-hydrogen) atoms. The second-order valence-electron chi connectivity index (χ2n) is 7.28. The molecule has 130 valence electrons. The fraction of sp³-hybridized carbons (Fsp3) is 0.625. The number of carbonyl (C=O) groups is 1. The predicted octanol–water partition coefficient (Wildman–Crippen LogP) is 2.70. The highest BCUT2D eigenvalue weighted by Gasteiger charge is 2.69. The first kappa shape index (κ1) is 15.5. The number of hydrogen-bond donors (Lipinski definition) is 2. The molecule has 1 aromatic rings. The highest BCUT2D eigenvalue weighted by molar-refractivity contribution is 5.75. The molecule has 5 nitrogen and oxygen atoms in total. The number of pyridine rings is 1. The SMILES string of the molecule is O=C(NCc1ccnc(OC2CC(F)(F)C2)c1)NC12CC(F)(C1)C2. The first-order chi connectivity index (χ1) is 11.3. The summed E-state index contributed by atoms with van der Waals surface area (Å²) in [4.78, 5) is 15.9. The third-order valence-corrected chi connectivity index (χ3v) is 4.94. The van der Waals surface area contributed by atoms with Crippen molar-refractivity contribution >= 4 is 6.03 Å². The average Bonchev–Trinajstić information content (AvgIpc) is 2.41. The highest BCUT2D eigenvalue weighted by Crippen LogP contribution is 2.62.